The highest BCUT2D eigenvalue weighted by atomic mass is 19.1. The van der Waals surface area contributed by atoms with Crippen LogP contribution in [0.1, 0.15) is 23.6 Å². The van der Waals surface area contributed by atoms with E-state index in [0.717, 1.165) is 5.69 Å². The zero-order valence-electron chi connectivity index (χ0n) is 16.2. The summed E-state index contributed by atoms with van der Waals surface area (Å²) in [5.74, 6) is -0.310. The second-order valence-corrected chi connectivity index (χ2v) is 6.97. The summed E-state index contributed by atoms with van der Waals surface area (Å²) in [7, 11) is 1.50. The summed E-state index contributed by atoms with van der Waals surface area (Å²) in [5.41, 5.74) is 2.80. The lowest BCUT2D eigenvalue weighted by Gasteiger charge is -2.25. The van der Waals surface area contributed by atoms with Crippen LogP contribution in [0.3, 0.4) is 0 Å². The number of carbonyl (C=O) groups excluding carboxylic acids is 1. The summed E-state index contributed by atoms with van der Waals surface area (Å²) < 4.78 is 19.4. The Morgan fingerprint density at radius 1 is 1.47 bits per heavy atom. The van der Waals surface area contributed by atoms with Gasteiger partial charge in [-0.15, -0.1) is 0 Å². The van der Waals surface area contributed by atoms with E-state index >= 15 is 0 Å². The fraction of sp³-hybridized carbons (Fsp3) is 0.227. The van der Waals surface area contributed by atoms with Crippen LogP contribution in [0.15, 0.2) is 42.7 Å². The molecule has 0 radical (unpaired) electrons. The van der Waals surface area contributed by atoms with Crippen LogP contribution in [0.4, 0.5) is 4.39 Å². The van der Waals surface area contributed by atoms with Gasteiger partial charge in [0.2, 0.25) is 0 Å². The van der Waals surface area contributed by atoms with Gasteiger partial charge in [-0.25, -0.2) is 9.37 Å². The topological polar surface area (TPSA) is 102 Å². The number of nitrogens with zero attached hydrogens (tertiary/aromatic N) is 3. The molecule has 152 valence electrons. The number of benzene rings is 1. The molecule has 7 nitrogen and oxygen atoms in total. The lowest BCUT2D eigenvalue weighted by molar-refractivity contribution is -0.131. The second-order valence-electron chi connectivity index (χ2n) is 6.97. The van der Waals surface area contributed by atoms with Gasteiger partial charge in [0.05, 0.1) is 12.7 Å². The summed E-state index contributed by atoms with van der Waals surface area (Å²) >= 11 is 0. The number of fused-ring (bicyclic) bond motifs is 1. The van der Waals surface area contributed by atoms with Crippen molar-refractivity contribution in [3.05, 3.63) is 59.8 Å². The van der Waals surface area contributed by atoms with E-state index in [4.69, 9.17) is 9.84 Å². The Labute approximate surface area is 172 Å². The van der Waals surface area contributed by atoms with Crippen molar-refractivity contribution in [3.8, 4) is 22.9 Å². The number of nitrogens with one attached hydrogen (secondary N) is 1. The van der Waals surface area contributed by atoms with E-state index in [1.165, 1.54) is 36.4 Å². The van der Waals surface area contributed by atoms with Gasteiger partial charge in [-0.05, 0) is 30.7 Å². The number of allylic oxidation sites excluding steroid dienone is 1. The predicted octanol–water partition coefficient (Wildman–Crippen LogP) is 3.07. The van der Waals surface area contributed by atoms with E-state index in [-0.39, 0.29) is 11.8 Å². The van der Waals surface area contributed by atoms with E-state index in [1.807, 2.05) is 12.1 Å². The number of methoxy groups -OCH3 is 1. The molecule has 1 aliphatic rings. The quantitative estimate of drug-likeness (QED) is 0.693. The molecule has 2 N–H and O–H groups in total. The van der Waals surface area contributed by atoms with Crippen molar-refractivity contribution < 1.29 is 19.0 Å². The van der Waals surface area contributed by atoms with Gasteiger partial charge in [-0.2, -0.15) is 5.26 Å². The van der Waals surface area contributed by atoms with Crippen LogP contribution in [0.2, 0.25) is 0 Å². The van der Waals surface area contributed by atoms with E-state index in [0.29, 0.717) is 46.4 Å². The Kier molecular flexibility index (Phi) is 5.21. The maximum Gasteiger partial charge on any atom is 0.252 e. The van der Waals surface area contributed by atoms with Crippen LogP contribution in [0.25, 0.3) is 22.2 Å². The molecule has 0 fully saturated rings. The molecule has 2 aromatic heterocycles. The molecule has 0 aliphatic carbocycles. The molecule has 4 rings (SSSR count). The minimum absolute atomic E-state index is 0.00901. The Morgan fingerprint density at radius 3 is 2.97 bits per heavy atom. The van der Waals surface area contributed by atoms with Crippen molar-refractivity contribution in [2.45, 2.75) is 12.3 Å². The number of hydrogen-bond acceptors (Lipinski definition) is 5. The average molecular weight is 406 g/mol. The van der Waals surface area contributed by atoms with Crippen molar-refractivity contribution in [1.82, 2.24) is 14.9 Å². The third-order valence-electron chi connectivity index (χ3n) is 5.26. The summed E-state index contributed by atoms with van der Waals surface area (Å²) in [6.07, 6.45) is 5.68. The monoisotopic (exact) mass is 406 g/mol. The summed E-state index contributed by atoms with van der Waals surface area (Å²) in [5, 5.41) is 19.3. The number of rotatable bonds is 4. The van der Waals surface area contributed by atoms with E-state index < -0.39 is 12.4 Å². The van der Waals surface area contributed by atoms with E-state index in [1.54, 1.807) is 6.20 Å². The minimum atomic E-state index is -0.527. The number of pyridine rings is 1. The molecular formula is C22H19FN4O3. The van der Waals surface area contributed by atoms with Crippen molar-refractivity contribution in [2.24, 2.45) is 0 Å². The summed E-state index contributed by atoms with van der Waals surface area (Å²) in [6, 6.07) is 8.22. The molecular weight excluding hydrogens is 387 g/mol. The first-order chi connectivity index (χ1) is 14.5. The molecule has 0 saturated carbocycles. The summed E-state index contributed by atoms with van der Waals surface area (Å²) in [6.45, 7) is -0.0432. The van der Waals surface area contributed by atoms with E-state index in [9.17, 15) is 14.4 Å². The summed E-state index contributed by atoms with van der Waals surface area (Å²) in [4.78, 5) is 20.8. The zero-order valence-corrected chi connectivity index (χ0v) is 16.2. The smallest absolute Gasteiger partial charge is 0.252 e. The number of amides is 1. The van der Waals surface area contributed by atoms with Crippen LogP contribution in [-0.2, 0) is 4.79 Å². The number of aliphatic hydroxyl groups excluding tert-OH is 1. The van der Waals surface area contributed by atoms with E-state index in [2.05, 4.69) is 16.0 Å². The molecule has 0 bridgehead atoms. The van der Waals surface area contributed by atoms with Crippen molar-refractivity contribution in [1.29, 1.82) is 5.26 Å². The lowest BCUT2D eigenvalue weighted by Crippen LogP contribution is -2.32. The highest BCUT2D eigenvalue weighted by Gasteiger charge is 2.23. The number of carbonyl (C=O) groups is 1. The van der Waals surface area contributed by atoms with Crippen LogP contribution >= 0.6 is 0 Å². The molecule has 3 aromatic rings. The number of hydrogen-bond donors (Lipinski definition) is 2. The number of aromatic nitrogens is 2. The van der Waals surface area contributed by atoms with Gasteiger partial charge >= 0.3 is 0 Å². The first-order valence-electron chi connectivity index (χ1n) is 9.40. The molecule has 3 heterocycles. The Bertz CT molecular complexity index is 1200. The van der Waals surface area contributed by atoms with Crippen LogP contribution in [-0.4, -0.2) is 46.1 Å². The molecule has 0 spiro atoms. The predicted molar refractivity (Wildman–Crippen MR) is 108 cm³/mol. The molecule has 30 heavy (non-hydrogen) atoms. The van der Waals surface area contributed by atoms with Crippen molar-refractivity contribution in [3.63, 3.8) is 0 Å². The number of halogens is 1. The second kappa shape index (κ2) is 7.97. The first-order valence-corrected chi connectivity index (χ1v) is 9.40. The van der Waals surface area contributed by atoms with Crippen LogP contribution < -0.4 is 4.74 Å². The number of aromatic amines is 1. The third-order valence-corrected chi connectivity index (χ3v) is 5.26. The average Bonchev–Trinajstić information content (AvgIpc) is 3.22. The zero-order chi connectivity index (χ0) is 21.3. The van der Waals surface area contributed by atoms with Gasteiger partial charge in [0.1, 0.15) is 29.9 Å². The highest BCUT2D eigenvalue weighted by molar-refractivity contribution is 5.98. The highest BCUT2D eigenvalue weighted by Crippen LogP contribution is 2.39. The normalized spacial score (nSPS) is 15.9. The Balaban J connectivity index is 1.82. The minimum Gasteiger partial charge on any atom is -0.496 e. The number of aliphatic hydroxyl groups is 1. The van der Waals surface area contributed by atoms with Gasteiger partial charge in [-0.3, -0.25) is 4.79 Å². The Hall–Kier alpha value is -3.70. The van der Waals surface area contributed by atoms with Crippen molar-refractivity contribution in [2.75, 3.05) is 20.3 Å². The number of nitriles is 1. The SMILES string of the molecule is COc1ccc(F)cc1-c1c(C#N)cnc2[nH]c(C3C=CN(C(=O)CO)CC3)cc12. The fourth-order valence-corrected chi connectivity index (χ4v) is 3.76. The largest absolute Gasteiger partial charge is 0.496 e. The maximum absolute atomic E-state index is 14.0. The van der Waals surface area contributed by atoms with Crippen LogP contribution in [0.5, 0.6) is 5.75 Å². The molecule has 0 saturated heterocycles. The molecule has 1 atom stereocenters. The lowest BCUT2D eigenvalue weighted by atomic mass is 9.95. The Morgan fingerprint density at radius 2 is 2.30 bits per heavy atom. The number of ether oxygens (including phenoxy) is 1. The third kappa shape index (κ3) is 3.40. The molecule has 1 aromatic carbocycles. The molecule has 1 amide bonds. The van der Waals surface area contributed by atoms with Crippen molar-refractivity contribution >= 4 is 16.9 Å². The molecule has 1 unspecified atom stereocenters. The molecule has 1 aliphatic heterocycles. The van der Waals surface area contributed by atoms with Gasteiger partial charge in [0, 0.05) is 47.1 Å². The molecule has 8 heteroatoms. The number of H-pyrrole nitrogens is 1. The van der Waals surface area contributed by atoms with Gasteiger partial charge in [-0.1, -0.05) is 6.08 Å². The van der Waals surface area contributed by atoms with Gasteiger partial charge in [0.15, 0.2) is 0 Å². The fourth-order valence-electron chi connectivity index (χ4n) is 3.76. The first kappa shape index (κ1) is 19.6. The maximum atomic E-state index is 14.0. The van der Waals surface area contributed by atoms with Gasteiger partial charge in [0.25, 0.3) is 5.91 Å². The van der Waals surface area contributed by atoms with Gasteiger partial charge < -0.3 is 19.7 Å². The van der Waals surface area contributed by atoms with Crippen LogP contribution in [0, 0.1) is 17.1 Å². The standard InChI is InChI=1S/C22H19FN4O3/c1-30-19-3-2-15(23)8-16(19)21-14(10-24)11-25-22-17(21)9-18(26-22)13-4-6-27(7-5-13)20(29)12-28/h2-4,6,8-9,11,13,28H,5,7,12H2,1H3,(H,25,26).